The number of benzene rings is 2. The molecule has 0 spiro atoms. The van der Waals surface area contributed by atoms with E-state index in [1.807, 2.05) is 12.1 Å². The number of esters is 3. The van der Waals surface area contributed by atoms with Crippen LogP contribution >= 0.6 is 0 Å². The Morgan fingerprint density at radius 2 is 1.56 bits per heavy atom. The van der Waals surface area contributed by atoms with Crippen molar-refractivity contribution in [3.05, 3.63) is 47.0 Å². The quantitative estimate of drug-likeness (QED) is 0.517. The second kappa shape index (κ2) is 8.53. The van der Waals surface area contributed by atoms with Crippen LogP contribution in [0.1, 0.15) is 36.5 Å². The van der Waals surface area contributed by atoms with Crippen LogP contribution in [0, 0.1) is 11.8 Å². The molecule has 2 aliphatic rings. The van der Waals surface area contributed by atoms with Crippen molar-refractivity contribution in [2.75, 3.05) is 20.8 Å². The molecule has 0 amide bonds. The molecule has 32 heavy (non-hydrogen) atoms. The molecule has 0 bridgehead atoms. The maximum Gasteiger partial charge on any atom is 0.309 e. The van der Waals surface area contributed by atoms with Gasteiger partial charge in [0.05, 0.1) is 26.7 Å². The minimum Gasteiger partial charge on any atom is -0.493 e. The highest BCUT2D eigenvalue weighted by Gasteiger charge is 2.47. The van der Waals surface area contributed by atoms with Gasteiger partial charge >= 0.3 is 17.9 Å². The summed E-state index contributed by atoms with van der Waals surface area (Å²) in [7, 11) is 3.00. The van der Waals surface area contributed by atoms with E-state index in [2.05, 4.69) is 0 Å². The molecule has 1 heterocycles. The van der Waals surface area contributed by atoms with Crippen LogP contribution in [-0.4, -0.2) is 38.7 Å². The van der Waals surface area contributed by atoms with E-state index >= 15 is 0 Å². The third-order valence-corrected chi connectivity index (χ3v) is 5.92. The van der Waals surface area contributed by atoms with Gasteiger partial charge in [-0.05, 0) is 47.4 Å². The second-order valence-corrected chi connectivity index (χ2v) is 7.88. The first-order chi connectivity index (χ1) is 15.3. The predicted molar refractivity (Wildman–Crippen MR) is 112 cm³/mol. The third-order valence-electron chi connectivity index (χ3n) is 5.92. The van der Waals surface area contributed by atoms with Crippen molar-refractivity contribution in [2.24, 2.45) is 11.8 Å². The van der Waals surface area contributed by atoms with Crippen molar-refractivity contribution in [3.8, 4) is 23.0 Å². The maximum absolute atomic E-state index is 12.5. The lowest BCUT2D eigenvalue weighted by Gasteiger charge is -2.34. The van der Waals surface area contributed by atoms with Crippen LogP contribution in [0.4, 0.5) is 0 Å². The Labute approximate surface area is 185 Å². The molecule has 1 fully saturated rings. The molecule has 168 valence electrons. The van der Waals surface area contributed by atoms with E-state index in [1.54, 1.807) is 18.2 Å². The van der Waals surface area contributed by atoms with Gasteiger partial charge in [-0.3, -0.25) is 14.4 Å². The van der Waals surface area contributed by atoms with Crippen molar-refractivity contribution < 1.29 is 38.1 Å². The minimum atomic E-state index is -0.458. The fourth-order valence-electron chi connectivity index (χ4n) is 4.63. The van der Waals surface area contributed by atoms with E-state index in [9.17, 15) is 14.4 Å². The first-order valence-corrected chi connectivity index (χ1v) is 10.2. The second-order valence-electron chi connectivity index (χ2n) is 7.88. The molecule has 0 N–H and O–H groups in total. The van der Waals surface area contributed by atoms with E-state index in [-0.39, 0.29) is 30.3 Å². The summed E-state index contributed by atoms with van der Waals surface area (Å²) in [4.78, 5) is 35.5. The molecule has 8 nitrogen and oxygen atoms in total. The number of carbonyl (C=O) groups excluding carboxylic acids is 3. The maximum atomic E-state index is 12.5. The van der Waals surface area contributed by atoms with E-state index in [1.165, 1.54) is 28.1 Å². The van der Waals surface area contributed by atoms with Crippen LogP contribution in [0.25, 0.3) is 0 Å². The van der Waals surface area contributed by atoms with Crippen molar-refractivity contribution in [1.29, 1.82) is 0 Å². The van der Waals surface area contributed by atoms with Crippen molar-refractivity contribution in [1.82, 2.24) is 0 Å². The lowest BCUT2D eigenvalue weighted by molar-refractivity contribution is -0.141. The normalized spacial score (nSPS) is 21.1. The summed E-state index contributed by atoms with van der Waals surface area (Å²) in [6.07, 6.45) is 0.509. The van der Waals surface area contributed by atoms with Crippen molar-refractivity contribution in [3.63, 3.8) is 0 Å². The highest BCUT2D eigenvalue weighted by molar-refractivity contribution is 5.77. The number of ether oxygens (including phenoxy) is 5. The lowest BCUT2D eigenvalue weighted by Crippen LogP contribution is -2.31. The Morgan fingerprint density at radius 1 is 0.906 bits per heavy atom. The zero-order valence-electron chi connectivity index (χ0n) is 18.3. The summed E-state index contributed by atoms with van der Waals surface area (Å²) in [5, 5.41) is 0. The summed E-state index contributed by atoms with van der Waals surface area (Å²) in [5.41, 5.74) is 2.71. The summed E-state index contributed by atoms with van der Waals surface area (Å²) in [5.74, 6) is -0.305. The molecule has 4 rings (SSSR count). The zero-order chi connectivity index (χ0) is 23.0. The average Bonchev–Trinajstić information content (AvgIpc) is 3.11. The summed E-state index contributed by atoms with van der Waals surface area (Å²) >= 11 is 0. The van der Waals surface area contributed by atoms with Gasteiger partial charge < -0.3 is 23.7 Å². The van der Waals surface area contributed by atoms with Gasteiger partial charge in [0.15, 0.2) is 23.0 Å². The number of carbonyl (C=O) groups is 3. The Kier molecular flexibility index (Phi) is 5.78. The number of rotatable bonds is 5. The fraction of sp³-hybridized carbons (Fsp3) is 0.375. The molecule has 3 atom stereocenters. The Hall–Kier alpha value is -3.55. The van der Waals surface area contributed by atoms with Gasteiger partial charge in [0.1, 0.15) is 0 Å². The van der Waals surface area contributed by atoms with E-state index < -0.39 is 11.9 Å². The highest BCUT2D eigenvalue weighted by Crippen LogP contribution is 2.50. The molecule has 0 saturated carbocycles. The SMILES string of the molecule is COc1cc([C@@H]2c3cc(OC(C)=O)c(OC)cc3C[C@@H]3C(=O)OC[C@@H]23)ccc1OC(C)=O. The van der Waals surface area contributed by atoms with Crippen LogP contribution < -0.4 is 18.9 Å². The van der Waals surface area contributed by atoms with E-state index in [0.717, 1.165) is 16.7 Å². The topological polar surface area (TPSA) is 97.4 Å². The Balaban J connectivity index is 1.86. The molecule has 1 saturated heterocycles. The molecule has 0 unspecified atom stereocenters. The van der Waals surface area contributed by atoms with Crippen molar-refractivity contribution in [2.45, 2.75) is 26.2 Å². The van der Waals surface area contributed by atoms with Crippen LogP contribution in [0.2, 0.25) is 0 Å². The van der Waals surface area contributed by atoms with Crippen LogP contribution in [-0.2, 0) is 25.5 Å². The third kappa shape index (κ3) is 3.88. The van der Waals surface area contributed by atoms with Crippen molar-refractivity contribution >= 4 is 17.9 Å². The number of hydrogen-bond donors (Lipinski definition) is 0. The first-order valence-electron chi connectivity index (χ1n) is 10.2. The van der Waals surface area contributed by atoms with Gasteiger partial charge in [0.2, 0.25) is 0 Å². The molecular weight excluding hydrogens is 416 g/mol. The Morgan fingerprint density at radius 3 is 2.22 bits per heavy atom. The van der Waals surface area contributed by atoms with Crippen LogP contribution in [0.15, 0.2) is 30.3 Å². The molecule has 2 aromatic carbocycles. The molecular formula is C24H24O8. The van der Waals surface area contributed by atoms with Crippen LogP contribution in [0.3, 0.4) is 0 Å². The van der Waals surface area contributed by atoms with Gasteiger partial charge in [-0.25, -0.2) is 0 Å². The average molecular weight is 440 g/mol. The monoisotopic (exact) mass is 440 g/mol. The predicted octanol–water partition coefficient (Wildman–Crippen LogP) is 3.03. The van der Waals surface area contributed by atoms with Gasteiger partial charge in [0, 0.05) is 25.7 Å². The van der Waals surface area contributed by atoms with Gasteiger partial charge in [0.25, 0.3) is 0 Å². The standard InChI is InChI=1S/C24H24O8/c1-12(25)31-19-6-5-14(8-20(19)28-3)23-16-10-22(32-13(2)26)21(29-4)9-15(16)7-17-18(23)11-30-24(17)27/h5-6,8-10,17-18,23H,7,11H2,1-4H3/t17-,18+,23+/m0/s1. The van der Waals surface area contributed by atoms with Gasteiger partial charge in [-0.2, -0.15) is 0 Å². The number of cyclic esters (lactones) is 1. The fourth-order valence-corrected chi connectivity index (χ4v) is 4.63. The zero-order valence-corrected chi connectivity index (χ0v) is 18.3. The largest absolute Gasteiger partial charge is 0.493 e. The molecule has 1 aliphatic heterocycles. The summed E-state index contributed by atoms with van der Waals surface area (Å²) < 4.78 is 26.9. The van der Waals surface area contributed by atoms with Gasteiger partial charge in [-0.15, -0.1) is 0 Å². The summed E-state index contributed by atoms with van der Waals surface area (Å²) in [6, 6.07) is 8.93. The molecule has 8 heteroatoms. The minimum absolute atomic E-state index is 0.0992. The summed E-state index contributed by atoms with van der Waals surface area (Å²) in [6.45, 7) is 2.94. The smallest absolute Gasteiger partial charge is 0.309 e. The van der Waals surface area contributed by atoms with Crippen LogP contribution in [0.5, 0.6) is 23.0 Å². The van der Waals surface area contributed by atoms with Gasteiger partial charge in [-0.1, -0.05) is 6.07 Å². The van der Waals surface area contributed by atoms with E-state index in [0.29, 0.717) is 29.4 Å². The highest BCUT2D eigenvalue weighted by atomic mass is 16.6. The first kappa shape index (κ1) is 21.7. The molecule has 0 aromatic heterocycles. The molecule has 2 aromatic rings. The van der Waals surface area contributed by atoms with E-state index in [4.69, 9.17) is 23.7 Å². The Bertz CT molecular complexity index is 1090. The molecule has 1 aliphatic carbocycles. The number of hydrogen-bond acceptors (Lipinski definition) is 8. The number of fused-ring (bicyclic) bond motifs is 2. The number of methoxy groups -OCH3 is 2. The lowest BCUT2D eigenvalue weighted by atomic mass is 9.67. The molecule has 0 radical (unpaired) electrons.